The molecule has 0 spiro atoms. The highest BCUT2D eigenvalue weighted by atomic mass is 31.2. The normalized spacial score (nSPS) is 21.5. The van der Waals surface area contributed by atoms with Gasteiger partial charge in [0.05, 0.1) is 36.7 Å². The second-order valence-electron chi connectivity index (χ2n) is 14.7. The molecule has 1 saturated heterocycles. The highest BCUT2D eigenvalue weighted by Gasteiger charge is 2.57. The summed E-state index contributed by atoms with van der Waals surface area (Å²) in [4.78, 5) is 10.6. The lowest BCUT2D eigenvalue weighted by Gasteiger charge is -2.26. The Morgan fingerprint density at radius 3 is 2.13 bits per heavy atom. The summed E-state index contributed by atoms with van der Waals surface area (Å²) in [6.07, 6.45) is 16.8. The van der Waals surface area contributed by atoms with E-state index in [1.807, 2.05) is 36.4 Å². The molecule has 306 valence electrons. The largest absolute Gasteiger partial charge is 0.472 e. The number of anilines is 1. The van der Waals surface area contributed by atoms with E-state index in [-0.39, 0.29) is 19.8 Å². The van der Waals surface area contributed by atoms with Crippen molar-refractivity contribution in [1.29, 1.82) is 5.26 Å². The van der Waals surface area contributed by atoms with E-state index < -0.39 is 44.4 Å². The molecule has 1 aromatic carbocycles. The van der Waals surface area contributed by atoms with Crippen LogP contribution in [0.5, 0.6) is 0 Å². The summed E-state index contributed by atoms with van der Waals surface area (Å²) in [5.74, 6) is 0. The predicted octanol–water partition coefficient (Wildman–Crippen LogP) is 7.97. The number of ether oxygens (including phenoxy) is 3. The Balaban J connectivity index is 1.16. The van der Waals surface area contributed by atoms with Crippen LogP contribution in [0.4, 0.5) is 5.69 Å². The molecule has 1 fully saturated rings. The molecule has 1 unspecified atom stereocenters. The van der Waals surface area contributed by atoms with Gasteiger partial charge in [0.1, 0.15) is 37.1 Å². The Bertz CT molecular complexity index is 1610. The number of nitrogens with two attached hydrogens (primary N) is 1. The van der Waals surface area contributed by atoms with E-state index in [2.05, 4.69) is 12.0 Å². The van der Waals surface area contributed by atoms with Gasteiger partial charge in [0.25, 0.3) is 0 Å². The second-order valence-corrected chi connectivity index (χ2v) is 16.1. The molecule has 5 N–H and O–H groups in total. The lowest BCUT2D eigenvalue weighted by molar-refractivity contribution is -0.0790. The average Bonchev–Trinajstić information content (AvgIpc) is 3.73. The molecule has 0 bridgehead atoms. The van der Waals surface area contributed by atoms with E-state index in [9.17, 15) is 24.9 Å². The van der Waals surface area contributed by atoms with Crippen molar-refractivity contribution in [3.63, 3.8) is 0 Å². The van der Waals surface area contributed by atoms with Gasteiger partial charge in [-0.15, -0.1) is 0 Å². The molecule has 55 heavy (non-hydrogen) atoms. The number of aliphatic hydroxyl groups is 2. The first-order valence-electron chi connectivity index (χ1n) is 20.2. The number of phosphoric ester groups is 1. The first kappa shape index (κ1) is 44.8. The maximum atomic E-state index is 13.0. The molecule has 0 amide bonds. The van der Waals surface area contributed by atoms with Crippen LogP contribution in [0.25, 0.3) is 5.52 Å². The van der Waals surface area contributed by atoms with E-state index in [0.29, 0.717) is 23.5 Å². The standard InChI is InChI=1S/C41H63N4O9P/c1-2-3-4-5-6-7-8-9-10-11-12-13-14-15-16-20-27-50-29-34(51-28-33-21-18-17-19-22-33)30-52-55(48,49)53-32-41(31-42)40(47)38(46)39(54-41)37-24-23-36-35(43)25-26-44-45(36)37/h17-19,21-26,34,38-40,46-47H,2-16,20,27-30,32,43H2,1H3,(H,48,49)/t34-,38+,39+,40+,41-/m1/s1. The van der Waals surface area contributed by atoms with Gasteiger partial charge < -0.3 is 35.1 Å². The third-order valence-electron chi connectivity index (χ3n) is 10.2. The van der Waals surface area contributed by atoms with Gasteiger partial charge in [0, 0.05) is 12.8 Å². The van der Waals surface area contributed by atoms with Crippen molar-refractivity contribution >= 4 is 19.0 Å². The second kappa shape index (κ2) is 24.0. The summed E-state index contributed by atoms with van der Waals surface area (Å²) < 4.78 is 42.7. The van der Waals surface area contributed by atoms with Crippen molar-refractivity contribution in [1.82, 2.24) is 9.61 Å². The molecule has 4 rings (SSSR count). The number of fused-ring (bicyclic) bond motifs is 1. The molecule has 0 radical (unpaired) electrons. The van der Waals surface area contributed by atoms with Crippen molar-refractivity contribution in [2.24, 2.45) is 0 Å². The Hall–Kier alpha value is -2.89. The van der Waals surface area contributed by atoms with Crippen LogP contribution in [-0.2, 0) is 34.4 Å². The summed E-state index contributed by atoms with van der Waals surface area (Å²) in [5, 5.41) is 36.0. The van der Waals surface area contributed by atoms with Gasteiger partial charge in [0.2, 0.25) is 5.60 Å². The average molecular weight is 787 g/mol. The zero-order chi connectivity index (χ0) is 39.4. The van der Waals surface area contributed by atoms with Gasteiger partial charge >= 0.3 is 7.82 Å². The van der Waals surface area contributed by atoms with Crippen molar-refractivity contribution in [2.75, 3.05) is 32.2 Å². The van der Waals surface area contributed by atoms with Gasteiger partial charge in [-0.3, -0.25) is 9.05 Å². The zero-order valence-electron chi connectivity index (χ0n) is 32.5. The summed E-state index contributed by atoms with van der Waals surface area (Å²) in [7, 11) is -4.79. The highest BCUT2D eigenvalue weighted by Crippen LogP contribution is 2.47. The Morgan fingerprint density at radius 2 is 1.51 bits per heavy atom. The molecule has 14 heteroatoms. The fourth-order valence-electron chi connectivity index (χ4n) is 6.85. The van der Waals surface area contributed by atoms with Crippen LogP contribution in [0.15, 0.2) is 54.7 Å². The SMILES string of the molecule is CCCCCCCCCCCCCCCCCCOC[C@H](COP(=O)(O)OC[C@@]1(C#N)O[C@@H](c2ccc3c(N)ccnn23)[C@H](O)[C@@H]1O)OCc1ccccc1. The van der Waals surface area contributed by atoms with Gasteiger partial charge in [0.15, 0.2) is 0 Å². The maximum absolute atomic E-state index is 13.0. The third-order valence-corrected chi connectivity index (χ3v) is 11.1. The monoisotopic (exact) mass is 786 g/mol. The molecule has 3 aromatic rings. The Labute approximate surface area is 326 Å². The molecule has 1 aliphatic rings. The van der Waals surface area contributed by atoms with Crippen molar-refractivity contribution in [2.45, 2.75) is 146 Å². The molecule has 0 aliphatic carbocycles. The number of aliphatic hydroxyl groups excluding tert-OH is 2. The van der Waals surface area contributed by atoms with E-state index >= 15 is 0 Å². The lowest BCUT2D eigenvalue weighted by Crippen LogP contribution is -2.45. The van der Waals surface area contributed by atoms with Gasteiger partial charge in [-0.1, -0.05) is 134 Å². The minimum absolute atomic E-state index is 0.132. The molecule has 1 aliphatic heterocycles. The third kappa shape index (κ3) is 14.5. The number of unbranched alkanes of at least 4 members (excludes halogenated alkanes) is 15. The van der Waals surface area contributed by atoms with Crippen molar-refractivity contribution in [3.05, 3.63) is 66.0 Å². The van der Waals surface area contributed by atoms with E-state index in [0.717, 1.165) is 24.8 Å². The fourth-order valence-corrected chi connectivity index (χ4v) is 7.64. The fraction of sp³-hybridized carbons (Fsp3) is 0.659. The topological polar surface area (TPSA) is 191 Å². The quantitative estimate of drug-likeness (QED) is 0.0393. The number of aromatic nitrogens is 2. The first-order valence-corrected chi connectivity index (χ1v) is 21.7. The molecule has 0 saturated carbocycles. The van der Waals surface area contributed by atoms with E-state index in [4.69, 9.17) is 29.0 Å². The van der Waals surface area contributed by atoms with Crippen LogP contribution in [0, 0.1) is 11.3 Å². The number of benzene rings is 1. The molecule has 6 atom stereocenters. The van der Waals surface area contributed by atoms with Crippen LogP contribution in [0.1, 0.15) is 127 Å². The number of phosphoric acid groups is 1. The Kier molecular flexibility index (Phi) is 19.6. The number of nitrogens with zero attached hydrogens (tertiary/aromatic N) is 3. The predicted molar refractivity (Wildman–Crippen MR) is 211 cm³/mol. The van der Waals surface area contributed by atoms with Gasteiger partial charge in [-0.25, -0.2) is 9.08 Å². The minimum Gasteiger partial charge on any atom is -0.397 e. The van der Waals surface area contributed by atoms with Crippen LogP contribution >= 0.6 is 7.82 Å². The summed E-state index contributed by atoms with van der Waals surface area (Å²) in [6.45, 7) is 1.96. The van der Waals surface area contributed by atoms with Crippen LogP contribution in [0.2, 0.25) is 0 Å². The van der Waals surface area contributed by atoms with E-state index in [1.165, 1.54) is 94.2 Å². The minimum atomic E-state index is -4.79. The first-order chi connectivity index (χ1) is 26.7. The zero-order valence-corrected chi connectivity index (χ0v) is 33.4. The van der Waals surface area contributed by atoms with Gasteiger partial charge in [-0.05, 0) is 30.2 Å². The number of nitriles is 1. The maximum Gasteiger partial charge on any atom is 0.472 e. The number of nitrogen functional groups attached to an aromatic ring is 1. The highest BCUT2D eigenvalue weighted by molar-refractivity contribution is 7.47. The van der Waals surface area contributed by atoms with E-state index in [1.54, 1.807) is 18.2 Å². The van der Waals surface area contributed by atoms with Gasteiger partial charge in [-0.2, -0.15) is 10.4 Å². The van der Waals surface area contributed by atoms with Crippen LogP contribution in [-0.4, -0.2) is 75.1 Å². The van der Waals surface area contributed by atoms with Crippen LogP contribution in [0.3, 0.4) is 0 Å². The van der Waals surface area contributed by atoms with Crippen molar-refractivity contribution < 1.29 is 42.9 Å². The Morgan fingerprint density at radius 1 is 0.891 bits per heavy atom. The summed E-state index contributed by atoms with van der Waals surface area (Å²) in [5.41, 5.74) is 6.05. The summed E-state index contributed by atoms with van der Waals surface area (Å²) in [6, 6.07) is 16.2. The molecule has 3 heterocycles. The lowest BCUT2D eigenvalue weighted by atomic mass is 9.96. The molecule has 2 aromatic heterocycles. The smallest absolute Gasteiger partial charge is 0.397 e. The number of rotatable bonds is 29. The van der Waals surface area contributed by atoms with Crippen LogP contribution < -0.4 is 5.73 Å². The molecule has 13 nitrogen and oxygen atoms in total. The summed E-state index contributed by atoms with van der Waals surface area (Å²) >= 11 is 0. The van der Waals surface area contributed by atoms with Crippen molar-refractivity contribution in [3.8, 4) is 6.07 Å². The number of hydrogen-bond donors (Lipinski definition) is 4. The number of hydrogen-bond acceptors (Lipinski definition) is 11. The molecular weight excluding hydrogens is 723 g/mol. The molecular formula is C41H63N4O9P.